The molecule has 8 heteroatoms. The number of nitrogens with zero attached hydrogens (tertiary/aromatic N) is 3. The molecule has 164 valence electrons. The number of hydrogen-bond donors (Lipinski definition) is 1. The third kappa shape index (κ3) is 5.39. The first kappa shape index (κ1) is 21.7. The number of benzene rings is 1. The zero-order chi connectivity index (χ0) is 21.7. The van der Waals surface area contributed by atoms with Crippen LogP contribution in [0.2, 0.25) is 0 Å². The topological polar surface area (TPSA) is 74.8 Å². The first-order chi connectivity index (χ1) is 15.0. The van der Waals surface area contributed by atoms with Gasteiger partial charge in [0.15, 0.2) is 10.7 Å². The predicted molar refractivity (Wildman–Crippen MR) is 121 cm³/mol. The molecule has 3 heterocycles. The second-order valence-corrected chi connectivity index (χ2v) is 9.27. The molecule has 2 amide bonds. The highest BCUT2D eigenvalue weighted by atomic mass is 32.1. The second kappa shape index (κ2) is 9.72. The van der Waals surface area contributed by atoms with Crippen molar-refractivity contribution in [1.82, 2.24) is 14.8 Å². The van der Waals surface area contributed by atoms with Gasteiger partial charge in [0, 0.05) is 43.7 Å². The molecule has 7 nitrogen and oxygen atoms in total. The van der Waals surface area contributed by atoms with Crippen molar-refractivity contribution in [1.29, 1.82) is 0 Å². The van der Waals surface area contributed by atoms with Gasteiger partial charge in [0.2, 0.25) is 5.91 Å². The number of carbonyl (C=O) groups is 2. The maximum absolute atomic E-state index is 13.5. The Balaban J connectivity index is 1.39. The number of thiazole rings is 1. The van der Waals surface area contributed by atoms with E-state index < -0.39 is 5.60 Å². The highest BCUT2D eigenvalue weighted by molar-refractivity contribution is 7.15. The van der Waals surface area contributed by atoms with E-state index in [0.717, 1.165) is 11.3 Å². The summed E-state index contributed by atoms with van der Waals surface area (Å²) in [5, 5.41) is 3.45. The summed E-state index contributed by atoms with van der Waals surface area (Å²) < 4.78 is 6.09. The Kier molecular flexibility index (Phi) is 6.80. The van der Waals surface area contributed by atoms with Crippen molar-refractivity contribution in [3.05, 3.63) is 59.1 Å². The summed E-state index contributed by atoms with van der Waals surface area (Å²) in [4.78, 5) is 35.1. The zero-order valence-electron chi connectivity index (χ0n) is 17.8. The van der Waals surface area contributed by atoms with E-state index in [-0.39, 0.29) is 18.4 Å². The first-order valence-electron chi connectivity index (χ1n) is 10.6. The van der Waals surface area contributed by atoms with Crippen LogP contribution in [0.25, 0.3) is 0 Å². The zero-order valence-corrected chi connectivity index (χ0v) is 18.6. The van der Waals surface area contributed by atoms with Gasteiger partial charge in [-0.1, -0.05) is 42.5 Å². The van der Waals surface area contributed by atoms with E-state index in [2.05, 4.69) is 22.4 Å². The number of morpholine rings is 1. The lowest BCUT2D eigenvalue weighted by molar-refractivity contribution is -0.170. The second-order valence-electron chi connectivity index (χ2n) is 8.04. The summed E-state index contributed by atoms with van der Waals surface area (Å²) in [5.74, 6) is -0.113. The van der Waals surface area contributed by atoms with E-state index in [1.807, 2.05) is 47.1 Å². The smallest absolute Gasteiger partial charge is 0.256 e. The molecule has 4 rings (SSSR count). The fourth-order valence-corrected chi connectivity index (χ4v) is 4.73. The monoisotopic (exact) mass is 440 g/mol. The van der Waals surface area contributed by atoms with Crippen LogP contribution in [-0.4, -0.2) is 71.5 Å². The van der Waals surface area contributed by atoms with Crippen molar-refractivity contribution in [2.45, 2.75) is 25.4 Å². The molecule has 0 unspecified atom stereocenters. The van der Waals surface area contributed by atoms with Crippen LogP contribution in [0.3, 0.4) is 0 Å². The van der Waals surface area contributed by atoms with Gasteiger partial charge >= 0.3 is 0 Å². The van der Waals surface area contributed by atoms with Gasteiger partial charge in [0.25, 0.3) is 5.91 Å². The van der Waals surface area contributed by atoms with E-state index in [1.54, 1.807) is 6.20 Å². The minimum Gasteiger partial charge on any atom is -0.362 e. The summed E-state index contributed by atoms with van der Waals surface area (Å²) in [7, 11) is 0. The molecule has 0 radical (unpaired) electrons. The van der Waals surface area contributed by atoms with Crippen molar-refractivity contribution in [2.75, 3.05) is 44.6 Å². The fraction of sp³-hybridized carbons (Fsp3) is 0.435. The minimum atomic E-state index is -0.931. The molecule has 0 bridgehead atoms. The summed E-state index contributed by atoms with van der Waals surface area (Å²) in [6, 6.07) is 10.2. The lowest BCUT2D eigenvalue weighted by Gasteiger charge is -2.42. The molecule has 1 N–H and O–H groups in total. The largest absolute Gasteiger partial charge is 0.362 e. The standard InChI is InChI=1S/C23H28N4O3S/c1-18-15-24-22(31-18)25-20(28)16-26-13-14-30-23(17-26)10-5-6-11-27(21(23)29)12-9-19-7-3-2-4-8-19/h2-8,15H,9-14,16-17H2,1H3,(H,24,25,28)/t23-/m0/s1. The van der Waals surface area contributed by atoms with Crippen LogP contribution in [0.4, 0.5) is 5.13 Å². The van der Waals surface area contributed by atoms with Gasteiger partial charge in [-0.2, -0.15) is 0 Å². The van der Waals surface area contributed by atoms with Crippen molar-refractivity contribution < 1.29 is 14.3 Å². The van der Waals surface area contributed by atoms with Crippen LogP contribution in [0.5, 0.6) is 0 Å². The number of aromatic nitrogens is 1. The quantitative estimate of drug-likeness (QED) is 0.699. The first-order valence-corrected chi connectivity index (χ1v) is 11.4. The SMILES string of the molecule is Cc1cnc(NC(=O)CN2CCO[C@@]3(CC=CCN(CCc4ccccc4)C3=O)C2)s1. The van der Waals surface area contributed by atoms with Gasteiger partial charge in [-0.25, -0.2) is 4.98 Å². The summed E-state index contributed by atoms with van der Waals surface area (Å²) >= 11 is 1.45. The number of ether oxygens (including phenoxy) is 1. The fourth-order valence-electron chi connectivity index (χ4n) is 4.05. The third-order valence-corrected chi connectivity index (χ3v) is 6.46. The minimum absolute atomic E-state index is 0.00841. The highest BCUT2D eigenvalue weighted by Gasteiger charge is 2.46. The molecule has 0 aliphatic carbocycles. The van der Waals surface area contributed by atoms with Gasteiger partial charge in [-0.3, -0.25) is 14.5 Å². The Hall–Kier alpha value is -2.55. The van der Waals surface area contributed by atoms with Crippen molar-refractivity contribution >= 4 is 28.3 Å². The molecule has 31 heavy (non-hydrogen) atoms. The Labute approximate surface area is 186 Å². The summed E-state index contributed by atoms with van der Waals surface area (Å²) in [6.07, 6.45) is 7.14. The molecular weight excluding hydrogens is 412 g/mol. The molecule has 1 aromatic carbocycles. The summed E-state index contributed by atoms with van der Waals surface area (Å²) in [5.41, 5.74) is 0.276. The number of anilines is 1. The van der Waals surface area contributed by atoms with Crippen LogP contribution in [0.1, 0.15) is 16.9 Å². The molecular formula is C23H28N4O3S. The third-order valence-electron chi connectivity index (χ3n) is 5.63. The Bertz CT molecular complexity index is 945. The lowest BCUT2D eigenvalue weighted by atomic mass is 9.95. The van der Waals surface area contributed by atoms with E-state index in [9.17, 15) is 9.59 Å². The van der Waals surface area contributed by atoms with Crippen LogP contribution in [0.15, 0.2) is 48.7 Å². The molecule has 1 atom stereocenters. The Morgan fingerprint density at radius 1 is 1.29 bits per heavy atom. The van der Waals surface area contributed by atoms with Gasteiger partial charge in [-0.05, 0) is 18.9 Å². The van der Waals surface area contributed by atoms with Gasteiger partial charge < -0.3 is 15.0 Å². The van der Waals surface area contributed by atoms with E-state index in [0.29, 0.717) is 44.3 Å². The predicted octanol–water partition coefficient (Wildman–Crippen LogP) is 2.49. The van der Waals surface area contributed by atoms with Crippen molar-refractivity contribution in [2.24, 2.45) is 0 Å². The van der Waals surface area contributed by atoms with Gasteiger partial charge in [0.05, 0.1) is 13.2 Å². The Morgan fingerprint density at radius 2 is 2.13 bits per heavy atom. The normalized spacial score (nSPS) is 22.0. The lowest BCUT2D eigenvalue weighted by Crippen LogP contribution is -2.61. The number of amides is 2. The van der Waals surface area contributed by atoms with Crippen LogP contribution < -0.4 is 5.32 Å². The molecule has 1 spiro atoms. The number of aryl methyl sites for hydroxylation is 1. The number of carbonyl (C=O) groups excluding carboxylic acids is 2. The van der Waals surface area contributed by atoms with Gasteiger partial charge in [0.1, 0.15) is 0 Å². The molecule has 1 saturated heterocycles. The molecule has 2 aliphatic rings. The highest BCUT2D eigenvalue weighted by Crippen LogP contribution is 2.28. The van der Waals surface area contributed by atoms with Crippen molar-refractivity contribution in [3.8, 4) is 0 Å². The van der Waals surface area contributed by atoms with Crippen LogP contribution in [0, 0.1) is 6.92 Å². The number of nitrogens with one attached hydrogen (secondary N) is 1. The molecule has 2 aromatic rings. The van der Waals surface area contributed by atoms with Gasteiger partial charge in [-0.15, -0.1) is 11.3 Å². The molecule has 1 fully saturated rings. The van der Waals surface area contributed by atoms with Crippen LogP contribution in [-0.2, 0) is 20.7 Å². The Morgan fingerprint density at radius 3 is 2.90 bits per heavy atom. The summed E-state index contributed by atoms with van der Waals surface area (Å²) in [6.45, 7) is 4.84. The van der Waals surface area contributed by atoms with Crippen LogP contribution >= 0.6 is 11.3 Å². The average molecular weight is 441 g/mol. The number of hydrogen-bond acceptors (Lipinski definition) is 6. The molecule has 2 aliphatic heterocycles. The van der Waals surface area contributed by atoms with E-state index >= 15 is 0 Å². The maximum atomic E-state index is 13.5. The average Bonchev–Trinajstić information content (AvgIpc) is 3.11. The van der Waals surface area contributed by atoms with Crippen molar-refractivity contribution in [3.63, 3.8) is 0 Å². The van der Waals surface area contributed by atoms with E-state index in [1.165, 1.54) is 16.9 Å². The number of rotatable bonds is 6. The molecule has 1 aromatic heterocycles. The van der Waals surface area contributed by atoms with E-state index in [4.69, 9.17) is 4.74 Å². The molecule has 0 saturated carbocycles. The maximum Gasteiger partial charge on any atom is 0.256 e.